The fourth-order valence-corrected chi connectivity index (χ4v) is 5.77. The molecule has 4 atom stereocenters. The third kappa shape index (κ3) is 6.79. The van der Waals surface area contributed by atoms with E-state index in [2.05, 4.69) is 0 Å². The normalized spacial score (nSPS) is 33.4. The molecule has 0 radical (unpaired) electrons. The number of carbonyl (C=O) groups excluding carboxylic acids is 2. The number of esters is 2. The Balaban J connectivity index is 1.14. The molecule has 42 heavy (non-hydrogen) atoms. The van der Waals surface area contributed by atoms with E-state index in [9.17, 15) is 20.1 Å². The summed E-state index contributed by atoms with van der Waals surface area (Å²) in [5.74, 6) is -1.57. The van der Waals surface area contributed by atoms with Gasteiger partial charge in [0.2, 0.25) is 0 Å². The zero-order valence-electron chi connectivity index (χ0n) is 24.9. The van der Waals surface area contributed by atoms with E-state index in [1.807, 2.05) is 39.8 Å². The molecule has 10 nitrogen and oxygen atoms in total. The van der Waals surface area contributed by atoms with Gasteiger partial charge in [-0.25, -0.2) is 0 Å². The van der Waals surface area contributed by atoms with Crippen LogP contribution in [0.2, 0.25) is 0 Å². The van der Waals surface area contributed by atoms with E-state index in [4.69, 9.17) is 28.4 Å². The van der Waals surface area contributed by atoms with Gasteiger partial charge in [-0.2, -0.15) is 10.5 Å². The highest BCUT2D eigenvalue weighted by molar-refractivity contribution is 5.79. The average Bonchev–Trinajstić information content (AvgIpc) is 3.92. The van der Waals surface area contributed by atoms with Crippen LogP contribution in [0.1, 0.15) is 90.2 Å². The molecule has 4 unspecified atom stereocenters. The van der Waals surface area contributed by atoms with Crippen molar-refractivity contribution in [2.45, 2.75) is 115 Å². The molecule has 2 saturated carbocycles. The molecule has 5 rings (SSSR count). The van der Waals surface area contributed by atoms with Crippen molar-refractivity contribution in [1.82, 2.24) is 0 Å². The summed E-state index contributed by atoms with van der Waals surface area (Å²) >= 11 is 0. The van der Waals surface area contributed by atoms with E-state index in [1.54, 1.807) is 0 Å². The summed E-state index contributed by atoms with van der Waals surface area (Å²) in [6.45, 7) is 9.48. The van der Waals surface area contributed by atoms with Crippen molar-refractivity contribution >= 4 is 11.9 Å². The first kappa shape index (κ1) is 30.4. The molecule has 0 amide bonds. The largest absolute Gasteiger partial charge is 0.425 e. The van der Waals surface area contributed by atoms with Gasteiger partial charge >= 0.3 is 11.9 Å². The molecule has 0 bridgehead atoms. The Morgan fingerprint density at radius 3 is 1.36 bits per heavy atom. The second-order valence-corrected chi connectivity index (χ2v) is 12.6. The van der Waals surface area contributed by atoms with Gasteiger partial charge in [0, 0.05) is 0 Å². The molecule has 10 heteroatoms. The van der Waals surface area contributed by atoms with E-state index in [0.717, 1.165) is 25.7 Å². The minimum Gasteiger partial charge on any atom is -0.425 e. The standard InChI is InChI=1S/C32H40N2O8/c1-19(31(3)17-37-31)39-23-9-5-21(6-10-23)29(35)41-27-13-14-28(26(16-34)25(27)15-33)42-30(36)22-7-11-24(12-8-22)40-20(2)32(4)18-38-32/h13-14,19-24H,5-12,17-18H2,1-4H3. The average molecular weight is 581 g/mol. The minimum absolute atomic E-state index is 0.00901. The van der Waals surface area contributed by atoms with Crippen LogP contribution in [-0.2, 0) is 28.5 Å². The predicted octanol–water partition coefficient (Wildman–Crippen LogP) is 4.75. The molecule has 1 aromatic carbocycles. The lowest BCUT2D eigenvalue weighted by molar-refractivity contribution is -0.143. The number of nitriles is 2. The van der Waals surface area contributed by atoms with Crippen LogP contribution in [0.5, 0.6) is 11.5 Å². The number of hydrogen-bond acceptors (Lipinski definition) is 10. The Hall–Kier alpha value is -3.02. The smallest absolute Gasteiger partial charge is 0.314 e. The van der Waals surface area contributed by atoms with E-state index in [1.165, 1.54) is 12.1 Å². The van der Waals surface area contributed by atoms with E-state index in [0.29, 0.717) is 38.9 Å². The number of epoxide rings is 2. The Kier molecular flexibility index (Phi) is 8.91. The maximum absolute atomic E-state index is 13.0. The summed E-state index contributed by atoms with van der Waals surface area (Å²) in [4.78, 5) is 26.0. The molecule has 2 aliphatic carbocycles. The van der Waals surface area contributed by atoms with E-state index in [-0.39, 0.29) is 70.1 Å². The summed E-state index contributed by atoms with van der Waals surface area (Å²) in [7, 11) is 0. The summed E-state index contributed by atoms with van der Waals surface area (Å²) in [6, 6.07) is 6.75. The Morgan fingerprint density at radius 1 is 0.738 bits per heavy atom. The lowest BCUT2D eigenvalue weighted by atomic mass is 9.87. The van der Waals surface area contributed by atoms with Crippen molar-refractivity contribution in [3.63, 3.8) is 0 Å². The number of nitrogens with zero attached hydrogens (tertiary/aromatic N) is 2. The third-order valence-corrected chi connectivity index (χ3v) is 9.50. The highest BCUT2D eigenvalue weighted by Crippen LogP contribution is 2.38. The van der Waals surface area contributed by atoms with E-state index >= 15 is 0 Å². The van der Waals surface area contributed by atoms with Crippen LogP contribution < -0.4 is 9.47 Å². The highest BCUT2D eigenvalue weighted by atomic mass is 16.6. The first-order chi connectivity index (χ1) is 20.0. The molecule has 0 spiro atoms. The van der Waals surface area contributed by atoms with Gasteiger partial charge in [-0.3, -0.25) is 9.59 Å². The van der Waals surface area contributed by atoms with Gasteiger partial charge in [0.05, 0.1) is 49.5 Å². The molecule has 4 fully saturated rings. The number of rotatable bonds is 10. The Labute approximate surface area is 247 Å². The second kappa shape index (κ2) is 12.3. The number of hydrogen-bond donors (Lipinski definition) is 0. The fraction of sp³-hybridized carbons (Fsp3) is 0.688. The van der Waals surface area contributed by atoms with Crippen molar-refractivity contribution in [2.24, 2.45) is 11.8 Å². The summed E-state index contributed by atoms with van der Waals surface area (Å²) in [5, 5.41) is 19.7. The molecule has 2 saturated heterocycles. The second-order valence-electron chi connectivity index (χ2n) is 12.6. The molecular formula is C32H40N2O8. The van der Waals surface area contributed by atoms with Crippen molar-refractivity contribution in [3.8, 4) is 23.6 Å². The van der Waals surface area contributed by atoms with Gasteiger partial charge < -0.3 is 28.4 Å². The number of carbonyl (C=O) groups is 2. The topological polar surface area (TPSA) is 144 Å². The molecule has 226 valence electrons. The Morgan fingerprint density at radius 2 is 1.07 bits per heavy atom. The first-order valence-corrected chi connectivity index (χ1v) is 15.0. The summed E-state index contributed by atoms with van der Waals surface area (Å²) in [5.41, 5.74) is -0.664. The van der Waals surface area contributed by atoms with Crippen molar-refractivity contribution in [1.29, 1.82) is 10.5 Å². The molecule has 2 aliphatic heterocycles. The maximum Gasteiger partial charge on any atom is 0.314 e. The Bertz CT molecular complexity index is 1160. The molecule has 4 aliphatic rings. The zero-order chi connectivity index (χ0) is 30.1. The third-order valence-electron chi connectivity index (χ3n) is 9.50. The van der Waals surface area contributed by atoms with Crippen LogP contribution in [0, 0.1) is 34.5 Å². The zero-order valence-corrected chi connectivity index (χ0v) is 24.9. The van der Waals surface area contributed by atoms with Gasteiger partial charge in [0.25, 0.3) is 0 Å². The van der Waals surface area contributed by atoms with Crippen LogP contribution >= 0.6 is 0 Å². The van der Waals surface area contributed by atoms with Gasteiger partial charge in [-0.15, -0.1) is 0 Å². The van der Waals surface area contributed by atoms with Crippen LogP contribution in [0.15, 0.2) is 12.1 Å². The SMILES string of the molecule is CC(OC1CCC(C(=O)Oc2ccc(OC(=O)C3CCC(OC(C)C4(C)CO4)CC3)c(C#N)c2C#N)CC1)C1(C)CO1. The number of benzene rings is 1. The van der Waals surface area contributed by atoms with Crippen molar-refractivity contribution < 1.29 is 38.0 Å². The minimum atomic E-state index is -0.445. The quantitative estimate of drug-likeness (QED) is 0.216. The molecule has 0 aromatic heterocycles. The van der Waals surface area contributed by atoms with Crippen LogP contribution in [-0.4, -0.2) is 60.8 Å². The van der Waals surface area contributed by atoms with Gasteiger partial charge in [-0.1, -0.05) is 0 Å². The first-order valence-electron chi connectivity index (χ1n) is 15.0. The van der Waals surface area contributed by atoms with Crippen molar-refractivity contribution in [2.75, 3.05) is 13.2 Å². The number of ether oxygens (including phenoxy) is 6. The van der Waals surface area contributed by atoms with Crippen LogP contribution in [0.3, 0.4) is 0 Å². The summed E-state index contributed by atoms with van der Waals surface area (Å²) in [6.07, 6.45) is 5.44. The van der Waals surface area contributed by atoms with Gasteiger partial charge in [0.15, 0.2) is 0 Å². The molecule has 1 aromatic rings. The van der Waals surface area contributed by atoms with Crippen molar-refractivity contribution in [3.05, 3.63) is 23.3 Å². The fourth-order valence-electron chi connectivity index (χ4n) is 5.77. The van der Waals surface area contributed by atoms with Gasteiger partial charge in [0.1, 0.15) is 46.0 Å². The molecule has 2 heterocycles. The predicted molar refractivity (Wildman–Crippen MR) is 148 cm³/mol. The van der Waals surface area contributed by atoms with Crippen LogP contribution in [0.4, 0.5) is 0 Å². The highest BCUT2D eigenvalue weighted by Gasteiger charge is 2.47. The maximum atomic E-state index is 13.0. The monoisotopic (exact) mass is 580 g/mol. The lowest BCUT2D eigenvalue weighted by Crippen LogP contribution is -2.35. The van der Waals surface area contributed by atoms with Crippen LogP contribution in [0.25, 0.3) is 0 Å². The van der Waals surface area contributed by atoms with Gasteiger partial charge in [-0.05, 0) is 91.2 Å². The molecule has 0 N–H and O–H groups in total. The molecular weight excluding hydrogens is 540 g/mol. The lowest BCUT2D eigenvalue weighted by Gasteiger charge is -2.30. The van der Waals surface area contributed by atoms with E-state index < -0.39 is 11.9 Å². The summed E-state index contributed by atoms with van der Waals surface area (Å²) < 4.78 is 34.4.